The molecule has 0 rings (SSSR count). The smallest absolute Gasteiger partial charge is 0.331 e. The van der Waals surface area contributed by atoms with Crippen molar-refractivity contribution in [3.05, 3.63) is 12.2 Å². The Morgan fingerprint density at radius 2 is 2.00 bits per heavy atom. The van der Waals surface area contributed by atoms with Crippen molar-refractivity contribution in [2.75, 3.05) is 27.2 Å². The van der Waals surface area contributed by atoms with E-state index < -0.39 is 11.9 Å². The summed E-state index contributed by atoms with van der Waals surface area (Å²) >= 11 is 0. The maximum absolute atomic E-state index is 10.7. The first-order valence-electron chi connectivity index (χ1n) is 3.75. The van der Waals surface area contributed by atoms with Crippen LogP contribution in [0.2, 0.25) is 0 Å². The van der Waals surface area contributed by atoms with E-state index in [-0.39, 0.29) is 6.61 Å². The summed E-state index contributed by atoms with van der Waals surface area (Å²) in [6.07, 6.45) is 1.63. The van der Waals surface area contributed by atoms with Gasteiger partial charge in [-0.05, 0) is 14.1 Å². The molecule has 0 amide bonds. The molecule has 0 bridgehead atoms. The molecule has 0 aromatic heterocycles. The lowest BCUT2D eigenvalue weighted by Crippen LogP contribution is -2.19. The molecule has 5 heteroatoms. The number of carboxylic acid groups (broad SMARTS) is 1. The van der Waals surface area contributed by atoms with Gasteiger partial charge in [0.25, 0.3) is 0 Å². The predicted octanol–water partition coefficient (Wildman–Crippen LogP) is -0.268. The Labute approximate surface area is 76.6 Å². The second-order valence-electron chi connectivity index (χ2n) is 2.64. The molecule has 0 heterocycles. The highest BCUT2D eigenvalue weighted by Gasteiger charge is 1.98. The summed E-state index contributed by atoms with van der Waals surface area (Å²) in [5, 5.41) is 8.17. The van der Waals surface area contributed by atoms with Gasteiger partial charge >= 0.3 is 11.9 Å². The van der Waals surface area contributed by atoms with Crippen LogP contribution in [0.3, 0.4) is 0 Å². The van der Waals surface area contributed by atoms with Crippen molar-refractivity contribution in [3.63, 3.8) is 0 Å². The van der Waals surface area contributed by atoms with E-state index >= 15 is 0 Å². The van der Waals surface area contributed by atoms with E-state index in [9.17, 15) is 9.59 Å². The standard InChI is InChI=1S/C8H13NO4/c1-9(2)5-6-13-8(12)4-3-7(10)11/h3-4H,5-6H2,1-2H3,(H,10,11)/b4-3-. The van der Waals surface area contributed by atoms with E-state index in [1.165, 1.54) is 0 Å². The van der Waals surface area contributed by atoms with Crippen LogP contribution in [0, 0.1) is 0 Å². The zero-order chi connectivity index (χ0) is 10.3. The topological polar surface area (TPSA) is 66.8 Å². The van der Waals surface area contributed by atoms with Crippen molar-refractivity contribution in [2.24, 2.45) is 0 Å². The van der Waals surface area contributed by atoms with Crippen LogP contribution >= 0.6 is 0 Å². The highest BCUT2D eigenvalue weighted by molar-refractivity contribution is 5.90. The Morgan fingerprint density at radius 3 is 2.46 bits per heavy atom. The fourth-order valence-electron chi connectivity index (χ4n) is 0.516. The summed E-state index contributed by atoms with van der Waals surface area (Å²) in [4.78, 5) is 22.6. The van der Waals surface area contributed by atoms with E-state index in [1.54, 1.807) is 0 Å². The molecule has 0 radical (unpaired) electrons. The summed E-state index contributed by atoms with van der Waals surface area (Å²) in [5.74, 6) is -1.80. The lowest BCUT2D eigenvalue weighted by Gasteiger charge is -2.08. The van der Waals surface area contributed by atoms with Crippen LogP contribution in [0.25, 0.3) is 0 Å². The molecule has 0 saturated heterocycles. The molecule has 13 heavy (non-hydrogen) atoms. The number of carbonyl (C=O) groups excluding carboxylic acids is 1. The number of carboxylic acids is 1. The van der Waals surface area contributed by atoms with E-state index in [0.717, 1.165) is 12.2 Å². The van der Waals surface area contributed by atoms with Gasteiger partial charge in [-0.1, -0.05) is 0 Å². The first-order chi connectivity index (χ1) is 6.02. The molecule has 0 saturated carbocycles. The maximum Gasteiger partial charge on any atom is 0.331 e. The Hall–Kier alpha value is -1.36. The van der Waals surface area contributed by atoms with Crippen molar-refractivity contribution in [1.29, 1.82) is 0 Å². The molecular formula is C8H13NO4. The van der Waals surface area contributed by atoms with Crippen LogP contribution in [0.5, 0.6) is 0 Å². The van der Waals surface area contributed by atoms with Crippen LogP contribution in [0.1, 0.15) is 0 Å². The molecule has 74 valence electrons. The largest absolute Gasteiger partial charge is 0.478 e. The SMILES string of the molecule is CN(C)CCOC(=O)/C=C\C(=O)O. The van der Waals surface area contributed by atoms with Gasteiger partial charge in [0.1, 0.15) is 6.61 Å². The minimum atomic E-state index is -1.16. The summed E-state index contributed by atoms with van der Waals surface area (Å²) in [6, 6.07) is 0. The van der Waals surface area contributed by atoms with Gasteiger partial charge in [-0.3, -0.25) is 0 Å². The zero-order valence-corrected chi connectivity index (χ0v) is 7.69. The first kappa shape index (κ1) is 11.6. The molecule has 0 aliphatic rings. The van der Waals surface area contributed by atoms with Crippen LogP contribution in [-0.2, 0) is 14.3 Å². The summed E-state index contributed by atoms with van der Waals surface area (Å²) < 4.78 is 4.67. The molecule has 1 N–H and O–H groups in total. The molecule has 0 aliphatic heterocycles. The van der Waals surface area contributed by atoms with Gasteiger partial charge in [-0.15, -0.1) is 0 Å². The number of likely N-dealkylation sites (N-methyl/N-ethyl adjacent to an activating group) is 1. The van der Waals surface area contributed by atoms with Crippen LogP contribution in [-0.4, -0.2) is 49.2 Å². The van der Waals surface area contributed by atoms with Crippen LogP contribution in [0.4, 0.5) is 0 Å². The lowest BCUT2D eigenvalue weighted by molar-refractivity contribution is -0.139. The van der Waals surface area contributed by atoms with E-state index in [0.29, 0.717) is 6.54 Å². The monoisotopic (exact) mass is 187 g/mol. The van der Waals surface area contributed by atoms with Crippen molar-refractivity contribution in [2.45, 2.75) is 0 Å². The first-order valence-corrected chi connectivity index (χ1v) is 3.75. The third-order valence-electron chi connectivity index (χ3n) is 1.14. The van der Waals surface area contributed by atoms with E-state index in [4.69, 9.17) is 5.11 Å². The van der Waals surface area contributed by atoms with Crippen molar-refractivity contribution in [3.8, 4) is 0 Å². The Kier molecular flexibility index (Phi) is 5.54. The number of carbonyl (C=O) groups is 2. The van der Waals surface area contributed by atoms with E-state index in [2.05, 4.69) is 4.74 Å². The van der Waals surface area contributed by atoms with Gasteiger partial charge in [0.15, 0.2) is 0 Å². The predicted molar refractivity (Wildman–Crippen MR) is 46.3 cm³/mol. The third-order valence-corrected chi connectivity index (χ3v) is 1.14. The van der Waals surface area contributed by atoms with E-state index in [1.807, 2.05) is 19.0 Å². The van der Waals surface area contributed by atoms with Crippen molar-refractivity contribution < 1.29 is 19.4 Å². The molecule has 0 atom stereocenters. The fraction of sp³-hybridized carbons (Fsp3) is 0.500. The minimum Gasteiger partial charge on any atom is -0.478 e. The summed E-state index contributed by atoms with van der Waals surface area (Å²) in [7, 11) is 3.70. The number of rotatable bonds is 5. The molecule has 0 aromatic rings. The molecule has 0 unspecified atom stereocenters. The van der Waals surface area contributed by atoms with Gasteiger partial charge < -0.3 is 14.7 Å². The maximum atomic E-state index is 10.7. The normalized spacial score (nSPS) is 10.7. The Bertz CT molecular complexity index is 210. The average molecular weight is 187 g/mol. The average Bonchev–Trinajstić information content (AvgIpc) is 2.00. The number of hydrogen-bond acceptors (Lipinski definition) is 4. The second-order valence-corrected chi connectivity index (χ2v) is 2.64. The van der Waals surface area contributed by atoms with Crippen molar-refractivity contribution in [1.82, 2.24) is 4.90 Å². The van der Waals surface area contributed by atoms with Gasteiger partial charge in [0.05, 0.1) is 0 Å². The zero-order valence-electron chi connectivity index (χ0n) is 7.69. The summed E-state index contributed by atoms with van der Waals surface area (Å²) in [5.41, 5.74) is 0. The highest BCUT2D eigenvalue weighted by atomic mass is 16.5. The van der Waals surface area contributed by atoms with Gasteiger partial charge in [-0.2, -0.15) is 0 Å². The number of hydrogen-bond donors (Lipinski definition) is 1. The van der Waals surface area contributed by atoms with Gasteiger partial charge in [0.2, 0.25) is 0 Å². The molecule has 0 aliphatic carbocycles. The number of nitrogens with zero attached hydrogens (tertiary/aromatic N) is 1. The number of esters is 1. The highest BCUT2D eigenvalue weighted by Crippen LogP contribution is 1.83. The fourth-order valence-corrected chi connectivity index (χ4v) is 0.516. The molecule has 0 spiro atoms. The molecule has 5 nitrogen and oxygen atoms in total. The Morgan fingerprint density at radius 1 is 1.38 bits per heavy atom. The van der Waals surface area contributed by atoms with Crippen molar-refractivity contribution >= 4 is 11.9 Å². The van der Waals surface area contributed by atoms with Crippen LogP contribution in [0.15, 0.2) is 12.2 Å². The Balaban J connectivity index is 3.58. The third kappa shape index (κ3) is 8.55. The van der Waals surface area contributed by atoms with Gasteiger partial charge in [0, 0.05) is 18.7 Å². The molecular weight excluding hydrogens is 174 g/mol. The second kappa shape index (κ2) is 6.19. The van der Waals surface area contributed by atoms with Crippen LogP contribution < -0.4 is 0 Å². The molecule has 0 fully saturated rings. The number of aliphatic carboxylic acids is 1. The molecule has 0 aromatic carbocycles. The van der Waals surface area contributed by atoms with Gasteiger partial charge in [-0.25, -0.2) is 9.59 Å². The summed E-state index contributed by atoms with van der Waals surface area (Å²) in [6.45, 7) is 0.877. The minimum absolute atomic E-state index is 0.260. The lowest BCUT2D eigenvalue weighted by atomic mass is 10.5. The quantitative estimate of drug-likeness (QED) is 0.474. The number of ether oxygens (including phenoxy) is 1.